The van der Waals surface area contributed by atoms with Crippen LogP contribution in [0.2, 0.25) is 0 Å². The number of nitrogens with one attached hydrogen (secondary N) is 1. The Balaban J connectivity index is 1.47. The largest absolute Gasteiger partial charge is 0.497 e. The number of amides is 1. The van der Waals surface area contributed by atoms with Crippen LogP contribution >= 0.6 is 0 Å². The molecule has 7 heteroatoms. The van der Waals surface area contributed by atoms with E-state index in [1.807, 2.05) is 36.2 Å². The lowest BCUT2D eigenvalue weighted by atomic mass is 9.95. The van der Waals surface area contributed by atoms with Crippen LogP contribution in [0, 0.1) is 0 Å². The number of H-pyrrole nitrogens is 1. The molecule has 1 unspecified atom stereocenters. The van der Waals surface area contributed by atoms with Crippen molar-refractivity contribution in [1.29, 1.82) is 0 Å². The van der Waals surface area contributed by atoms with Crippen molar-refractivity contribution >= 4 is 5.91 Å². The molecule has 1 saturated heterocycles. The van der Waals surface area contributed by atoms with Gasteiger partial charge < -0.3 is 19.5 Å². The molecule has 154 valence electrons. The van der Waals surface area contributed by atoms with Crippen molar-refractivity contribution in [2.24, 2.45) is 0 Å². The summed E-state index contributed by atoms with van der Waals surface area (Å²) in [5, 5.41) is 0. The number of methoxy groups -OCH3 is 1. The summed E-state index contributed by atoms with van der Waals surface area (Å²) < 4.78 is 5.25. The SMILES string of the molecule is COc1cccc(CC(=O)N2CCCC(c3nc4c(c(=O)[nH]3)CN(C)CC4)C2)c1. The minimum Gasteiger partial charge on any atom is -0.497 e. The molecule has 0 radical (unpaired) electrons. The topological polar surface area (TPSA) is 78.5 Å². The van der Waals surface area contributed by atoms with Gasteiger partial charge in [-0.1, -0.05) is 12.1 Å². The summed E-state index contributed by atoms with van der Waals surface area (Å²) in [6, 6.07) is 7.63. The molecule has 1 aromatic carbocycles. The fourth-order valence-electron chi connectivity index (χ4n) is 4.27. The number of likely N-dealkylation sites (N-methyl/N-ethyl adjacent to an activating group) is 1. The van der Waals surface area contributed by atoms with E-state index in [9.17, 15) is 9.59 Å². The van der Waals surface area contributed by atoms with Gasteiger partial charge in [0.2, 0.25) is 5.91 Å². The third-order valence-corrected chi connectivity index (χ3v) is 5.93. The van der Waals surface area contributed by atoms with Crippen molar-refractivity contribution in [3.63, 3.8) is 0 Å². The summed E-state index contributed by atoms with van der Waals surface area (Å²) in [5.74, 6) is 1.67. The summed E-state index contributed by atoms with van der Waals surface area (Å²) in [5.41, 5.74) is 2.61. The first-order chi connectivity index (χ1) is 14.0. The van der Waals surface area contributed by atoms with Crippen LogP contribution in [0.15, 0.2) is 29.1 Å². The average molecular weight is 396 g/mol. The molecule has 0 aliphatic carbocycles. The van der Waals surface area contributed by atoms with E-state index in [0.29, 0.717) is 19.5 Å². The Morgan fingerprint density at radius 2 is 2.21 bits per heavy atom. The predicted octanol–water partition coefficient (Wildman–Crippen LogP) is 1.72. The lowest BCUT2D eigenvalue weighted by Crippen LogP contribution is -2.41. The molecular formula is C22H28N4O3. The first kappa shape index (κ1) is 19.6. The normalized spacial score (nSPS) is 19.7. The predicted molar refractivity (Wildman–Crippen MR) is 110 cm³/mol. The summed E-state index contributed by atoms with van der Waals surface area (Å²) in [6.07, 6.45) is 3.00. The minimum absolute atomic E-state index is 0.0311. The summed E-state index contributed by atoms with van der Waals surface area (Å²) in [7, 11) is 3.64. The molecule has 29 heavy (non-hydrogen) atoms. The van der Waals surface area contributed by atoms with E-state index in [1.54, 1.807) is 7.11 Å². The van der Waals surface area contributed by atoms with E-state index >= 15 is 0 Å². The molecule has 2 aliphatic heterocycles. The first-order valence-corrected chi connectivity index (χ1v) is 10.2. The lowest BCUT2D eigenvalue weighted by Gasteiger charge is -2.33. The number of aromatic nitrogens is 2. The molecular weight excluding hydrogens is 368 g/mol. The van der Waals surface area contributed by atoms with Gasteiger partial charge in [-0.3, -0.25) is 9.59 Å². The Bertz CT molecular complexity index is 955. The summed E-state index contributed by atoms with van der Waals surface area (Å²) >= 11 is 0. The van der Waals surface area contributed by atoms with Crippen molar-refractivity contribution in [2.75, 3.05) is 33.8 Å². The highest BCUT2D eigenvalue weighted by Gasteiger charge is 2.28. The molecule has 0 bridgehead atoms. The van der Waals surface area contributed by atoms with Gasteiger partial charge in [0.15, 0.2) is 0 Å². The Morgan fingerprint density at radius 1 is 1.34 bits per heavy atom. The van der Waals surface area contributed by atoms with Crippen molar-refractivity contribution in [2.45, 2.75) is 38.1 Å². The van der Waals surface area contributed by atoms with E-state index < -0.39 is 0 Å². The summed E-state index contributed by atoms with van der Waals surface area (Å²) in [4.78, 5) is 37.3. The monoisotopic (exact) mass is 396 g/mol. The number of nitrogens with zero attached hydrogens (tertiary/aromatic N) is 3. The number of piperidine rings is 1. The van der Waals surface area contributed by atoms with Crippen LogP contribution in [0.5, 0.6) is 5.75 Å². The molecule has 1 atom stereocenters. The standard InChI is InChI=1S/C22H28N4O3/c1-25-10-8-19-18(14-25)22(28)24-21(23-19)16-6-4-9-26(13-16)20(27)12-15-5-3-7-17(11-15)29-2/h3,5,7,11,16H,4,6,8-10,12-14H2,1-2H3,(H,23,24,28). The fourth-order valence-corrected chi connectivity index (χ4v) is 4.27. The van der Waals surface area contributed by atoms with Crippen LogP contribution in [0.25, 0.3) is 0 Å². The first-order valence-electron chi connectivity index (χ1n) is 10.2. The maximum absolute atomic E-state index is 12.9. The van der Waals surface area contributed by atoms with E-state index in [0.717, 1.165) is 60.7 Å². The van der Waals surface area contributed by atoms with Crippen LogP contribution < -0.4 is 10.3 Å². The highest BCUT2D eigenvalue weighted by Crippen LogP contribution is 2.26. The molecule has 2 aliphatic rings. The van der Waals surface area contributed by atoms with Crippen LogP contribution in [-0.2, 0) is 24.2 Å². The van der Waals surface area contributed by atoms with Crippen LogP contribution in [0.4, 0.5) is 0 Å². The molecule has 1 N–H and O–H groups in total. The second-order valence-electron chi connectivity index (χ2n) is 8.07. The third kappa shape index (κ3) is 4.34. The third-order valence-electron chi connectivity index (χ3n) is 5.93. The number of aromatic amines is 1. The maximum atomic E-state index is 12.9. The average Bonchev–Trinajstić information content (AvgIpc) is 2.74. The van der Waals surface area contributed by atoms with Gasteiger partial charge in [-0.15, -0.1) is 0 Å². The minimum atomic E-state index is -0.0311. The number of hydrogen-bond donors (Lipinski definition) is 1. The van der Waals surface area contributed by atoms with Gasteiger partial charge in [0.05, 0.1) is 24.8 Å². The number of carbonyl (C=O) groups is 1. The quantitative estimate of drug-likeness (QED) is 0.851. The highest BCUT2D eigenvalue weighted by atomic mass is 16.5. The number of fused-ring (bicyclic) bond motifs is 1. The van der Waals surface area contributed by atoms with Gasteiger partial charge in [-0.05, 0) is 37.6 Å². The number of likely N-dealkylation sites (tertiary alicyclic amines) is 1. The molecule has 1 fully saturated rings. The number of carbonyl (C=O) groups excluding carboxylic acids is 1. The van der Waals surface area contributed by atoms with Crippen LogP contribution in [-0.4, -0.2) is 59.5 Å². The van der Waals surface area contributed by atoms with Crippen LogP contribution in [0.3, 0.4) is 0 Å². The molecule has 4 rings (SSSR count). The van der Waals surface area contributed by atoms with Crippen molar-refractivity contribution in [3.05, 3.63) is 57.3 Å². The molecule has 0 spiro atoms. The van der Waals surface area contributed by atoms with Crippen molar-refractivity contribution in [1.82, 2.24) is 19.8 Å². The zero-order valence-corrected chi connectivity index (χ0v) is 17.1. The van der Waals surface area contributed by atoms with Gasteiger partial charge in [-0.2, -0.15) is 0 Å². The Hall–Kier alpha value is -2.67. The highest BCUT2D eigenvalue weighted by molar-refractivity contribution is 5.79. The van der Waals surface area contributed by atoms with E-state index in [2.05, 4.69) is 9.88 Å². The Morgan fingerprint density at radius 3 is 3.03 bits per heavy atom. The van der Waals surface area contributed by atoms with Gasteiger partial charge in [0, 0.05) is 38.5 Å². The maximum Gasteiger partial charge on any atom is 0.255 e. The van der Waals surface area contributed by atoms with Gasteiger partial charge in [-0.25, -0.2) is 4.98 Å². The van der Waals surface area contributed by atoms with Crippen molar-refractivity contribution < 1.29 is 9.53 Å². The number of benzene rings is 1. The second-order valence-corrected chi connectivity index (χ2v) is 8.07. The number of rotatable bonds is 4. The summed E-state index contributed by atoms with van der Waals surface area (Å²) in [6.45, 7) is 2.91. The molecule has 2 aromatic rings. The zero-order chi connectivity index (χ0) is 20.4. The number of ether oxygens (including phenoxy) is 1. The lowest BCUT2D eigenvalue weighted by molar-refractivity contribution is -0.131. The number of hydrogen-bond acceptors (Lipinski definition) is 5. The molecule has 1 amide bonds. The van der Waals surface area contributed by atoms with E-state index in [1.165, 1.54) is 0 Å². The zero-order valence-electron chi connectivity index (χ0n) is 17.1. The second kappa shape index (κ2) is 8.37. The van der Waals surface area contributed by atoms with Gasteiger partial charge in [0.1, 0.15) is 11.6 Å². The smallest absolute Gasteiger partial charge is 0.255 e. The Labute approximate surface area is 170 Å². The van der Waals surface area contributed by atoms with Crippen LogP contribution in [0.1, 0.15) is 41.4 Å². The van der Waals surface area contributed by atoms with E-state index in [-0.39, 0.29) is 17.4 Å². The molecule has 1 aromatic heterocycles. The van der Waals surface area contributed by atoms with Gasteiger partial charge >= 0.3 is 0 Å². The molecule has 7 nitrogen and oxygen atoms in total. The Kier molecular flexibility index (Phi) is 5.67. The molecule has 0 saturated carbocycles. The van der Waals surface area contributed by atoms with E-state index in [4.69, 9.17) is 9.72 Å². The van der Waals surface area contributed by atoms with Gasteiger partial charge in [0.25, 0.3) is 5.56 Å². The van der Waals surface area contributed by atoms with Crippen molar-refractivity contribution in [3.8, 4) is 5.75 Å². The molecule has 3 heterocycles. The fraction of sp³-hybridized carbons (Fsp3) is 0.500.